The lowest BCUT2D eigenvalue weighted by molar-refractivity contribution is -0.146. The minimum Gasteiger partial charge on any atom is -0.465 e. The number of nitrogens with zero attached hydrogens (tertiary/aromatic N) is 1. The first kappa shape index (κ1) is 16.0. The van der Waals surface area contributed by atoms with E-state index in [1.165, 1.54) is 18.4 Å². The van der Waals surface area contributed by atoms with Gasteiger partial charge in [0.25, 0.3) is 0 Å². The standard InChI is InChI=1S/C18H27NO2/c1-15(2)14-21-18(20)12-17-10-6-7-11-19(17)13-16-8-4-3-5-9-16/h3-5,8-9,15,17H,6-7,10-14H2,1-2H3. The van der Waals surface area contributed by atoms with E-state index in [1.54, 1.807) is 0 Å². The van der Waals surface area contributed by atoms with Crippen LogP contribution in [0.2, 0.25) is 0 Å². The molecule has 0 saturated carbocycles. The van der Waals surface area contributed by atoms with Gasteiger partial charge in [0, 0.05) is 12.6 Å². The summed E-state index contributed by atoms with van der Waals surface area (Å²) in [4.78, 5) is 14.4. The van der Waals surface area contributed by atoms with Crippen molar-refractivity contribution in [2.45, 2.75) is 52.1 Å². The molecular weight excluding hydrogens is 262 g/mol. The molecule has 116 valence electrons. The van der Waals surface area contributed by atoms with Crippen molar-refractivity contribution < 1.29 is 9.53 Å². The highest BCUT2D eigenvalue weighted by Crippen LogP contribution is 2.22. The Hall–Kier alpha value is -1.35. The lowest BCUT2D eigenvalue weighted by Crippen LogP contribution is -2.40. The van der Waals surface area contributed by atoms with E-state index >= 15 is 0 Å². The number of likely N-dealkylation sites (tertiary alicyclic amines) is 1. The van der Waals surface area contributed by atoms with Crippen LogP contribution in [0.25, 0.3) is 0 Å². The van der Waals surface area contributed by atoms with E-state index in [1.807, 2.05) is 6.07 Å². The molecular formula is C18H27NO2. The number of ether oxygens (including phenoxy) is 1. The quantitative estimate of drug-likeness (QED) is 0.749. The van der Waals surface area contributed by atoms with Crippen LogP contribution in [0.5, 0.6) is 0 Å². The van der Waals surface area contributed by atoms with Crippen molar-refractivity contribution in [3.05, 3.63) is 35.9 Å². The Balaban J connectivity index is 1.88. The van der Waals surface area contributed by atoms with Crippen LogP contribution in [0.4, 0.5) is 0 Å². The van der Waals surface area contributed by atoms with E-state index in [2.05, 4.69) is 43.0 Å². The molecule has 1 heterocycles. The fourth-order valence-corrected chi connectivity index (χ4v) is 2.83. The molecule has 3 heteroatoms. The van der Waals surface area contributed by atoms with Gasteiger partial charge in [-0.15, -0.1) is 0 Å². The highest BCUT2D eigenvalue weighted by atomic mass is 16.5. The summed E-state index contributed by atoms with van der Waals surface area (Å²) in [5.41, 5.74) is 1.32. The van der Waals surface area contributed by atoms with Gasteiger partial charge in [0.05, 0.1) is 13.0 Å². The molecule has 1 saturated heterocycles. The fraction of sp³-hybridized carbons (Fsp3) is 0.611. The van der Waals surface area contributed by atoms with Gasteiger partial charge in [-0.3, -0.25) is 9.69 Å². The second kappa shape index (κ2) is 8.18. The molecule has 2 rings (SSSR count). The molecule has 0 radical (unpaired) electrons. The van der Waals surface area contributed by atoms with Crippen molar-refractivity contribution in [3.63, 3.8) is 0 Å². The summed E-state index contributed by atoms with van der Waals surface area (Å²) < 4.78 is 5.34. The summed E-state index contributed by atoms with van der Waals surface area (Å²) in [6.45, 7) is 6.68. The Morgan fingerprint density at radius 1 is 1.29 bits per heavy atom. The minimum absolute atomic E-state index is 0.0475. The van der Waals surface area contributed by atoms with Gasteiger partial charge in [0.15, 0.2) is 0 Å². The van der Waals surface area contributed by atoms with Gasteiger partial charge in [0.2, 0.25) is 0 Å². The smallest absolute Gasteiger partial charge is 0.307 e. The molecule has 1 fully saturated rings. The van der Waals surface area contributed by atoms with Crippen LogP contribution in [0.1, 0.15) is 45.1 Å². The maximum absolute atomic E-state index is 12.0. The van der Waals surface area contributed by atoms with Gasteiger partial charge in [-0.25, -0.2) is 0 Å². The van der Waals surface area contributed by atoms with E-state index in [0.717, 1.165) is 19.5 Å². The molecule has 0 spiro atoms. The molecule has 1 aliphatic rings. The first-order valence-corrected chi connectivity index (χ1v) is 8.08. The second-order valence-corrected chi connectivity index (χ2v) is 6.39. The SMILES string of the molecule is CC(C)COC(=O)CC1CCCCN1Cc1ccccc1. The van der Waals surface area contributed by atoms with Crippen molar-refractivity contribution >= 4 is 5.97 Å². The van der Waals surface area contributed by atoms with Crippen molar-refractivity contribution in [3.8, 4) is 0 Å². The summed E-state index contributed by atoms with van der Waals surface area (Å²) in [5.74, 6) is 0.356. The molecule has 0 aromatic heterocycles. The third-order valence-electron chi connectivity index (χ3n) is 3.96. The van der Waals surface area contributed by atoms with Crippen LogP contribution in [-0.4, -0.2) is 30.1 Å². The number of carbonyl (C=O) groups is 1. The lowest BCUT2D eigenvalue weighted by Gasteiger charge is -2.35. The van der Waals surface area contributed by atoms with E-state index in [-0.39, 0.29) is 5.97 Å². The van der Waals surface area contributed by atoms with Gasteiger partial charge in [-0.05, 0) is 30.9 Å². The summed E-state index contributed by atoms with van der Waals surface area (Å²) in [6.07, 6.45) is 4.07. The summed E-state index contributed by atoms with van der Waals surface area (Å²) >= 11 is 0. The van der Waals surface area contributed by atoms with Gasteiger partial charge in [0.1, 0.15) is 0 Å². The van der Waals surface area contributed by atoms with Crippen molar-refractivity contribution in [1.82, 2.24) is 4.90 Å². The topological polar surface area (TPSA) is 29.5 Å². The highest BCUT2D eigenvalue weighted by molar-refractivity contribution is 5.70. The van der Waals surface area contributed by atoms with Gasteiger partial charge < -0.3 is 4.74 Å². The van der Waals surface area contributed by atoms with Crippen molar-refractivity contribution in [2.24, 2.45) is 5.92 Å². The van der Waals surface area contributed by atoms with Gasteiger partial charge in [-0.1, -0.05) is 50.6 Å². The van der Waals surface area contributed by atoms with Gasteiger partial charge in [-0.2, -0.15) is 0 Å². The van der Waals surface area contributed by atoms with E-state index in [9.17, 15) is 4.79 Å². The van der Waals surface area contributed by atoms with Crippen molar-refractivity contribution in [1.29, 1.82) is 0 Å². The van der Waals surface area contributed by atoms with Crippen LogP contribution < -0.4 is 0 Å². The molecule has 0 bridgehead atoms. The van der Waals surface area contributed by atoms with Crippen LogP contribution in [0.3, 0.4) is 0 Å². The van der Waals surface area contributed by atoms with Crippen LogP contribution in [0.15, 0.2) is 30.3 Å². The Labute approximate surface area is 128 Å². The first-order chi connectivity index (χ1) is 10.1. The number of benzene rings is 1. The number of esters is 1. The average molecular weight is 289 g/mol. The van der Waals surface area contributed by atoms with Crippen LogP contribution in [0, 0.1) is 5.92 Å². The summed E-state index contributed by atoms with van der Waals surface area (Å²) in [7, 11) is 0. The summed E-state index contributed by atoms with van der Waals surface area (Å²) in [5, 5.41) is 0. The fourth-order valence-electron chi connectivity index (χ4n) is 2.83. The third-order valence-corrected chi connectivity index (χ3v) is 3.96. The zero-order valence-corrected chi connectivity index (χ0v) is 13.3. The predicted molar refractivity (Wildman–Crippen MR) is 84.9 cm³/mol. The molecule has 1 atom stereocenters. The maximum atomic E-state index is 12.0. The number of rotatable bonds is 6. The molecule has 1 aromatic rings. The molecule has 0 amide bonds. The zero-order chi connectivity index (χ0) is 15.1. The number of hydrogen-bond acceptors (Lipinski definition) is 3. The molecule has 0 aliphatic carbocycles. The zero-order valence-electron chi connectivity index (χ0n) is 13.3. The minimum atomic E-state index is -0.0475. The average Bonchev–Trinajstić information content (AvgIpc) is 2.48. The molecule has 21 heavy (non-hydrogen) atoms. The van der Waals surface area contributed by atoms with E-state index < -0.39 is 0 Å². The Morgan fingerprint density at radius 2 is 2.05 bits per heavy atom. The maximum Gasteiger partial charge on any atom is 0.307 e. The predicted octanol–water partition coefficient (Wildman–Crippen LogP) is 3.63. The molecule has 3 nitrogen and oxygen atoms in total. The molecule has 1 aromatic carbocycles. The largest absolute Gasteiger partial charge is 0.465 e. The van der Waals surface area contributed by atoms with E-state index in [0.29, 0.717) is 25.0 Å². The number of piperidine rings is 1. The number of carbonyl (C=O) groups excluding carboxylic acids is 1. The lowest BCUT2D eigenvalue weighted by atomic mass is 9.98. The molecule has 0 N–H and O–H groups in total. The van der Waals surface area contributed by atoms with Crippen LogP contribution in [-0.2, 0) is 16.1 Å². The first-order valence-electron chi connectivity index (χ1n) is 8.08. The van der Waals surface area contributed by atoms with E-state index in [4.69, 9.17) is 4.74 Å². The highest BCUT2D eigenvalue weighted by Gasteiger charge is 2.25. The summed E-state index contributed by atoms with van der Waals surface area (Å²) in [6, 6.07) is 10.8. The normalized spacial score (nSPS) is 19.7. The monoisotopic (exact) mass is 289 g/mol. The second-order valence-electron chi connectivity index (χ2n) is 6.39. The molecule has 1 aliphatic heterocycles. The Kier molecular flexibility index (Phi) is 6.24. The van der Waals surface area contributed by atoms with Crippen LogP contribution >= 0.6 is 0 Å². The van der Waals surface area contributed by atoms with Gasteiger partial charge >= 0.3 is 5.97 Å². The third kappa shape index (κ3) is 5.50. The Morgan fingerprint density at radius 3 is 2.76 bits per heavy atom. The van der Waals surface area contributed by atoms with Crippen molar-refractivity contribution in [2.75, 3.05) is 13.2 Å². The number of hydrogen-bond donors (Lipinski definition) is 0. The Bertz CT molecular complexity index is 430. The molecule has 1 unspecified atom stereocenters.